The lowest BCUT2D eigenvalue weighted by molar-refractivity contribution is 0.0997. The van der Waals surface area contributed by atoms with Gasteiger partial charge in [0.2, 0.25) is 0 Å². The molecule has 0 bridgehead atoms. The number of nitrogens with two attached hydrogens (primary N) is 3. The van der Waals surface area contributed by atoms with Crippen molar-refractivity contribution in [1.29, 1.82) is 0 Å². The first kappa shape index (κ1) is 9.18. The number of carbonyl (C=O) groups is 1. The van der Waals surface area contributed by atoms with Gasteiger partial charge in [-0.25, -0.2) is 0 Å². The van der Waals surface area contributed by atoms with E-state index in [1.165, 1.54) is 19.2 Å². The maximum absolute atomic E-state index is 10.9. The van der Waals surface area contributed by atoms with E-state index in [0.717, 1.165) is 0 Å². The molecule has 13 heavy (non-hydrogen) atoms. The van der Waals surface area contributed by atoms with E-state index < -0.39 is 5.91 Å². The van der Waals surface area contributed by atoms with E-state index in [-0.39, 0.29) is 17.0 Å². The van der Waals surface area contributed by atoms with Crippen molar-refractivity contribution in [2.75, 3.05) is 18.6 Å². The molecular formula is C8H11N3O2. The molecule has 5 nitrogen and oxygen atoms in total. The molecule has 6 N–H and O–H groups in total. The molecule has 0 aliphatic rings. The molecule has 0 fully saturated rings. The van der Waals surface area contributed by atoms with E-state index >= 15 is 0 Å². The molecule has 0 aliphatic heterocycles. The fraction of sp³-hybridized carbons (Fsp3) is 0.125. The summed E-state index contributed by atoms with van der Waals surface area (Å²) in [6, 6.07) is 2.99. The van der Waals surface area contributed by atoms with Crippen LogP contribution in [0.15, 0.2) is 12.1 Å². The second-order valence-electron chi connectivity index (χ2n) is 2.51. The first-order chi connectivity index (χ1) is 6.07. The number of benzene rings is 1. The Kier molecular flexibility index (Phi) is 2.27. The summed E-state index contributed by atoms with van der Waals surface area (Å²) in [7, 11) is 1.40. The molecule has 0 heterocycles. The number of nitrogen functional groups attached to an aromatic ring is 2. The molecule has 0 atom stereocenters. The number of primary amides is 1. The third-order valence-corrected chi connectivity index (χ3v) is 1.70. The highest BCUT2D eigenvalue weighted by Crippen LogP contribution is 2.30. The Balaban J connectivity index is 3.38. The monoisotopic (exact) mass is 181 g/mol. The lowest BCUT2D eigenvalue weighted by Gasteiger charge is -2.09. The predicted octanol–water partition coefficient (Wildman–Crippen LogP) is -0.0415. The summed E-state index contributed by atoms with van der Waals surface area (Å²) < 4.78 is 4.91. The predicted molar refractivity (Wildman–Crippen MR) is 50.3 cm³/mol. The Morgan fingerprint density at radius 2 is 2.00 bits per heavy atom. The first-order valence-electron chi connectivity index (χ1n) is 3.59. The van der Waals surface area contributed by atoms with E-state index in [0.29, 0.717) is 5.69 Å². The molecule has 0 saturated carbocycles. The van der Waals surface area contributed by atoms with Crippen molar-refractivity contribution in [1.82, 2.24) is 0 Å². The molecule has 0 aliphatic carbocycles. The number of amides is 1. The number of rotatable bonds is 2. The number of hydrogen-bond acceptors (Lipinski definition) is 4. The minimum atomic E-state index is -0.594. The van der Waals surface area contributed by atoms with Crippen LogP contribution >= 0.6 is 0 Å². The van der Waals surface area contributed by atoms with Gasteiger partial charge in [-0.3, -0.25) is 4.79 Å². The first-order valence-corrected chi connectivity index (χ1v) is 3.59. The van der Waals surface area contributed by atoms with Gasteiger partial charge in [0.1, 0.15) is 0 Å². The lowest BCUT2D eigenvalue weighted by atomic mass is 10.1. The SMILES string of the molecule is COc1c(C(N)=O)ccc(N)c1N. The zero-order chi connectivity index (χ0) is 10.0. The van der Waals surface area contributed by atoms with Gasteiger partial charge in [0.05, 0.1) is 24.0 Å². The molecular weight excluding hydrogens is 170 g/mol. The quantitative estimate of drug-likeness (QED) is 0.556. The summed E-state index contributed by atoms with van der Waals surface area (Å²) in [4.78, 5) is 10.9. The number of hydrogen-bond donors (Lipinski definition) is 3. The zero-order valence-corrected chi connectivity index (χ0v) is 7.20. The fourth-order valence-corrected chi connectivity index (χ4v) is 1.03. The third-order valence-electron chi connectivity index (χ3n) is 1.70. The third kappa shape index (κ3) is 1.48. The molecule has 0 unspecified atom stereocenters. The maximum atomic E-state index is 10.9. The van der Waals surface area contributed by atoms with Gasteiger partial charge in [-0.05, 0) is 12.1 Å². The second kappa shape index (κ2) is 3.22. The Labute approximate surface area is 75.5 Å². The van der Waals surface area contributed by atoms with E-state index in [2.05, 4.69) is 0 Å². The normalized spacial score (nSPS) is 9.62. The average Bonchev–Trinajstić information content (AvgIpc) is 2.09. The Bertz CT molecular complexity index is 349. The van der Waals surface area contributed by atoms with Crippen LogP contribution in [0.1, 0.15) is 10.4 Å². The fourth-order valence-electron chi connectivity index (χ4n) is 1.03. The highest BCUT2D eigenvalue weighted by molar-refractivity contribution is 5.99. The minimum absolute atomic E-state index is 0.229. The molecule has 0 aromatic heterocycles. The summed E-state index contributed by atoms with van der Waals surface area (Å²) in [5.74, 6) is -0.365. The van der Waals surface area contributed by atoms with Crippen LogP contribution in [0, 0.1) is 0 Å². The van der Waals surface area contributed by atoms with E-state index in [4.69, 9.17) is 21.9 Å². The van der Waals surface area contributed by atoms with Gasteiger partial charge in [0, 0.05) is 0 Å². The maximum Gasteiger partial charge on any atom is 0.252 e. The molecule has 70 valence electrons. The van der Waals surface area contributed by atoms with Crippen molar-refractivity contribution in [2.24, 2.45) is 5.73 Å². The van der Waals surface area contributed by atoms with Crippen LogP contribution in [0.3, 0.4) is 0 Å². The molecule has 0 spiro atoms. The summed E-state index contributed by atoms with van der Waals surface area (Å²) in [6.07, 6.45) is 0. The summed E-state index contributed by atoms with van der Waals surface area (Å²) in [5.41, 5.74) is 17.0. The lowest BCUT2D eigenvalue weighted by Crippen LogP contribution is -2.14. The topological polar surface area (TPSA) is 104 Å². The van der Waals surface area contributed by atoms with Gasteiger partial charge < -0.3 is 21.9 Å². The molecule has 1 amide bonds. The van der Waals surface area contributed by atoms with Gasteiger partial charge in [0.25, 0.3) is 5.91 Å². The molecule has 5 heteroatoms. The van der Waals surface area contributed by atoms with Crippen LogP contribution in [0.25, 0.3) is 0 Å². The standard InChI is InChI=1S/C8H11N3O2/c1-13-7-4(8(11)12)2-3-5(9)6(7)10/h2-3H,9-10H2,1H3,(H2,11,12). The smallest absolute Gasteiger partial charge is 0.252 e. The average molecular weight is 181 g/mol. The van der Waals surface area contributed by atoms with Crippen LogP contribution in [0.5, 0.6) is 5.75 Å². The largest absolute Gasteiger partial charge is 0.494 e. The highest BCUT2D eigenvalue weighted by atomic mass is 16.5. The minimum Gasteiger partial charge on any atom is -0.494 e. The highest BCUT2D eigenvalue weighted by Gasteiger charge is 2.13. The molecule has 1 aromatic carbocycles. The van der Waals surface area contributed by atoms with Crippen LogP contribution in [-0.2, 0) is 0 Å². The Morgan fingerprint density at radius 1 is 1.38 bits per heavy atom. The van der Waals surface area contributed by atoms with Crippen molar-refractivity contribution in [3.63, 3.8) is 0 Å². The summed E-state index contributed by atoms with van der Waals surface area (Å²) in [5, 5.41) is 0. The molecule has 0 radical (unpaired) electrons. The van der Waals surface area contributed by atoms with Crippen molar-refractivity contribution in [3.05, 3.63) is 17.7 Å². The number of carbonyl (C=O) groups excluding carboxylic acids is 1. The Hall–Kier alpha value is -1.91. The van der Waals surface area contributed by atoms with E-state index in [1.807, 2.05) is 0 Å². The number of ether oxygens (including phenoxy) is 1. The van der Waals surface area contributed by atoms with Gasteiger partial charge >= 0.3 is 0 Å². The van der Waals surface area contributed by atoms with Crippen molar-refractivity contribution in [3.8, 4) is 5.75 Å². The molecule has 1 rings (SSSR count). The van der Waals surface area contributed by atoms with Crippen molar-refractivity contribution < 1.29 is 9.53 Å². The number of methoxy groups -OCH3 is 1. The van der Waals surface area contributed by atoms with Gasteiger partial charge in [-0.1, -0.05) is 0 Å². The van der Waals surface area contributed by atoms with Gasteiger partial charge in [-0.2, -0.15) is 0 Å². The Morgan fingerprint density at radius 3 is 2.46 bits per heavy atom. The van der Waals surface area contributed by atoms with Crippen LogP contribution < -0.4 is 21.9 Å². The van der Waals surface area contributed by atoms with Crippen LogP contribution in [0.4, 0.5) is 11.4 Å². The van der Waals surface area contributed by atoms with Crippen LogP contribution in [0.2, 0.25) is 0 Å². The summed E-state index contributed by atoms with van der Waals surface area (Å²) in [6.45, 7) is 0. The van der Waals surface area contributed by atoms with E-state index in [1.54, 1.807) is 0 Å². The molecule has 0 saturated heterocycles. The van der Waals surface area contributed by atoms with E-state index in [9.17, 15) is 4.79 Å². The zero-order valence-electron chi connectivity index (χ0n) is 7.20. The second-order valence-corrected chi connectivity index (χ2v) is 2.51. The van der Waals surface area contributed by atoms with Crippen LogP contribution in [-0.4, -0.2) is 13.0 Å². The molecule has 1 aromatic rings. The van der Waals surface area contributed by atoms with Crippen molar-refractivity contribution in [2.45, 2.75) is 0 Å². The van der Waals surface area contributed by atoms with Gasteiger partial charge in [-0.15, -0.1) is 0 Å². The van der Waals surface area contributed by atoms with Crippen molar-refractivity contribution >= 4 is 17.3 Å². The summed E-state index contributed by atoms with van der Waals surface area (Å²) >= 11 is 0. The van der Waals surface area contributed by atoms with Gasteiger partial charge in [0.15, 0.2) is 5.75 Å². The number of anilines is 2.